The zero-order valence-corrected chi connectivity index (χ0v) is 9.28. The summed E-state index contributed by atoms with van der Waals surface area (Å²) in [4.78, 5) is 28.9. The van der Waals surface area contributed by atoms with Crippen LogP contribution in [-0.4, -0.2) is 35.1 Å². The van der Waals surface area contributed by atoms with Crippen molar-refractivity contribution < 1.29 is 19.1 Å². The molecule has 0 aliphatic heterocycles. The van der Waals surface area contributed by atoms with Crippen molar-refractivity contribution in [1.82, 2.24) is 9.97 Å². The second-order valence-electron chi connectivity index (χ2n) is 2.96. The molecule has 1 heterocycles. The molecule has 1 aromatic heterocycles. The van der Waals surface area contributed by atoms with E-state index >= 15 is 0 Å². The van der Waals surface area contributed by atoms with Gasteiger partial charge in [-0.2, -0.15) is 0 Å². The zero-order chi connectivity index (χ0) is 12.0. The summed E-state index contributed by atoms with van der Waals surface area (Å²) in [5, 5.41) is 0. The van der Waals surface area contributed by atoms with Crippen LogP contribution in [0, 0.1) is 0 Å². The molecule has 0 bridgehead atoms. The van der Waals surface area contributed by atoms with Crippen molar-refractivity contribution in [2.45, 2.75) is 20.3 Å². The lowest BCUT2D eigenvalue weighted by molar-refractivity contribution is -0.142. The molecule has 0 radical (unpaired) electrons. The van der Waals surface area contributed by atoms with Crippen LogP contribution in [0.25, 0.3) is 0 Å². The Hall–Kier alpha value is -1.85. The van der Waals surface area contributed by atoms with Crippen molar-refractivity contribution in [1.29, 1.82) is 0 Å². The molecular formula is C10H14N2O4. The summed E-state index contributed by atoms with van der Waals surface area (Å²) in [6.07, 6.45) is 1.49. The largest absolute Gasteiger partial charge is 0.466 e. The Balaban J connectivity index is 2.57. The molecular weight excluding hydrogens is 212 g/mol. The number of aromatic nitrogens is 2. The van der Waals surface area contributed by atoms with Crippen molar-refractivity contribution in [3.63, 3.8) is 0 Å². The van der Waals surface area contributed by atoms with Gasteiger partial charge in [0.1, 0.15) is 0 Å². The van der Waals surface area contributed by atoms with Crippen LogP contribution in [0.2, 0.25) is 0 Å². The quantitative estimate of drug-likeness (QED) is 0.747. The van der Waals surface area contributed by atoms with Crippen molar-refractivity contribution in [3.05, 3.63) is 17.7 Å². The third-order valence-corrected chi connectivity index (χ3v) is 1.74. The highest BCUT2D eigenvalue weighted by molar-refractivity contribution is 5.85. The molecule has 88 valence electrons. The third kappa shape index (κ3) is 3.38. The average Bonchev–Trinajstić information content (AvgIpc) is 2.67. The van der Waals surface area contributed by atoms with Gasteiger partial charge in [0, 0.05) is 11.9 Å². The highest BCUT2D eigenvalue weighted by Crippen LogP contribution is 2.01. The van der Waals surface area contributed by atoms with Gasteiger partial charge in [-0.25, -0.2) is 9.78 Å². The fourth-order valence-corrected chi connectivity index (χ4v) is 1.12. The van der Waals surface area contributed by atoms with E-state index in [0.717, 1.165) is 0 Å². The predicted octanol–water partition coefficient (Wildman–Crippen LogP) is 0.692. The summed E-state index contributed by atoms with van der Waals surface area (Å²) in [6, 6.07) is 0. The van der Waals surface area contributed by atoms with Gasteiger partial charge in [-0.05, 0) is 13.8 Å². The van der Waals surface area contributed by atoms with Crippen LogP contribution in [0.3, 0.4) is 0 Å². The van der Waals surface area contributed by atoms with Gasteiger partial charge in [-0.3, -0.25) is 4.79 Å². The smallest absolute Gasteiger partial charge is 0.374 e. The number of rotatable bonds is 5. The molecule has 0 atom stereocenters. The standard InChI is InChI=1S/C10H14N2O4/c1-3-15-8(13)5-7-6-11-9(12-7)10(14)16-4-2/h6H,3-5H2,1-2H3,(H,11,12). The molecule has 1 N–H and O–H groups in total. The molecule has 16 heavy (non-hydrogen) atoms. The number of imidazole rings is 1. The van der Waals surface area contributed by atoms with Gasteiger partial charge in [-0.15, -0.1) is 0 Å². The SMILES string of the molecule is CCOC(=O)Cc1cnc(C(=O)OCC)[nH]1. The van der Waals surface area contributed by atoms with E-state index in [9.17, 15) is 9.59 Å². The van der Waals surface area contributed by atoms with Crippen LogP contribution in [0.15, 0.2) is 6.20 Å². The molecule has 0 spiro atoms. The van der Waals surface area contributed by atoms with E-state index < -0.39 is 5.97 Å². The number of esters is 2. The monoisotopic (exact) mass is 226 g/mol. The summed E-state index contributed by atoms with van der Waals surface area (Å²) in [5.74, 6) is -0.791. The van der Waals surface area contributed by atoms with Crippen LogP contribution in [0.1, 0.15) is 30.2 Å². The van der Waals surface area contributed by atoms with Crippen molar-refractivity contribution in [3.8, 4) is 0 Å². The normalized spacial score (nSPS) is 9.88. The Morgan fingerprint density at radius 2 is 2.00 bits per heavy atom. The van der Waals surface area contributed by atoms with Gasteiger partial charge >= 0.3 is 11.9 Å². The number of nitrogens with zero attached hydrogens (tertiary/aromatic N) is 1. The molecule has 0 amide bonds. The first-order valence-corrected chi connectivity index (χ1v) is 5.04. The first-order chi connectivity index (χ1) is 7.67. The minimum atomic E-state index is -0.530. The van der Waals surface area contributed by atoms with E-state index in [2.05, 4.69) is 9.97 Å². The Labute approximate surface area is 93.0 Å². The van der Waals surface area contributed by atoms with E-state index in [0.29, 0.717) is 12.3 Å². The molecule has 0 aliphatic carbocycles. The molecule has 0 saturated heterocycles. The number of aromatic amines is 1. The number of H-pyrrole nitrogens is 1. The van der Waals surface area contributed by atoms with Crippen LogP contribution < -0.4 is 0 Å². The molecule has 0 aromatic carbocycles. The average molecular weight is 226 g/mol. The van der Waals surface area contributed by atoms with Crippen LogP contribution in [0.4, 0.5) is 0 Å². The second-order valence-corrected chi connectivity index (χ2v) is 2.96. The van der Waals surface area contributed by atoms with Gasteiger partial charge in [-0.1, -0.05) is 0 Å². The van der Waals surface area contributed by atoms with E-state index in [-0.39, 0.29) is 24.8 Å². The molecule has 0 fully saturated rings. The number of ether oxygens (including phenoxy) is 2. The maximum absolute atomic E-state index is 11.2. The highest BCUT2D eigenvalue weighted by Gasteiger charge is 2.13. The van der Waals surface area contributed by atoms with E-state index in [1.165, 1.54) is 6.20 Å². The number of hydrogen-bond donors (Lipinski definition) is 1. The summed E-state index contributed by atoms with van der Waals surface area (Å²) in [7, 11) is 0. The lowest BCUT2D eigenvalue weighted by Crippen LogP contribution is -2.09. The first kappa shape index (κ1) is 12.2. The fraction of sp³-hybridized carbons (Fsp3) is 0.500. The van der Waals surface area contributed by atoms with Gasteiger partial charge in [0.05, 0.1) is 19.6 Å². The Bertz CT molecular complexity index is 373. The lowest BCUT2D eigenvalue weighted by Gasteiger charge is -1.99. The number of carbonyl (C=O) groups is 2. The summed E-state index contributed by atoms with van der Waals surface area (Å²) >= 11 is 0. The van der Waals surface area contributed by atoms with Crippen molar-refractivity contribution >= 4 is 11.9 Å². The number of carbonyl (C=O) groups excluding carboxylic acids is 2. The van der Waals surface area contributed by atoms with Gasteiger partial charge in [0.15, 0.2) is 0 Å². The van der Waals surface area contributed by atoms with Crippen molar-refractivity contribution in [2.75, 3.05) is 13.2 Å². The Morgan fingerprint density at radius 1 is 1.31 bits per heavy atom. The van der Waals surface area contributed by atoms with Crippen LogP contribution >= 0.6 is 0 Å². The summed E-state index contributed by atoms with van der Waals surface area (Å²) in [5.41, 5.74) is 0.529. The first-order valence-electron chi connectivity index (χ1n) is 5.04. The van der Waals surface area contributed by atoms with Gasteiger partial charge in [0.25, 0.3) is 0 Å². The minimum absolute atomic E-state index is 0.0697. The van der Waals surface area contributed by atoms with E-state index in [1.807, 2.05) is 0 Å². The molecule has 1 aromatic rings. The summed E-state index contributed by atoms with van der Waals surface area (Å²) in [6.45, 7) is 4.06. The molecule has 0 unspecified atom stereocenters. The predicted molar refractivity (Wildman–Crippen MR) is 54.9 cm³/mol. The van der Waals surface area contributed by atoms with E-state index in [1.54, 1.807) is 13.8 Å². The Morgan fingerprint density at radius 3 is 2.62 bits per heavy atom. The van der Waals surface area contributed by atoms with Crippen molar-refractivity contribution in [2.24, 2.45) is 0 Å². The second kappa shape index (κ2) is 5.89. The highest BCUT2D eigenvalue weighted by atomic mass is 16.5. The molecule has 0 saturated carbocycles. The number of nitrogens with one attached hydrogen (secondary N) is 1. The fourth-order valence-electron chi connectivity index (χ4n) is 1.12. The third-order valence-electron chi connectivity index (χ3n) is 1.74. The van der Waals surface area contributed by atoms with E-state index in [4.69, 9.17) is 9.47 Å². The maximum atomic E-state index is 11.2. The van der Waals surface area contributed by atoms with Crippen LogP contribution in [0.5, 0.6) is 0 Å². The maximum Gasteiger partial charge on any atom is 0.374 e. The molecule has 6 heteroatoms. The Kier molecular flexibility index (Phi) is 4.50. The topological polar surface area (TPSA) is 81.3 Å². The minimum Gasteiger partial charge on any atom is -0.466 e. The number of hydrogen-bond acceptors (Lipinski definition) is 5. The van der Waals surface area contributed by atoms with Gasteiger partial charge in [0.2, 0.25) is 5.82 Å². The van der Waals surface area contributed by atoms with Gasteiger partial charge < -0.3 is 14.5 Å². The lowest BCUT2D eigenvalue weighted by atomic mass is 10.3. The van der Waals surface area contributed by atoms with Crippen LogP contribution in [-0.2, 0) is 20.7 Å². The zero-order valence-electron chi connectivity index (χ0n) is 9.28. The molecule has 6 nitrogen and oxygen atoms in total. The summed E-state index contributed by atoms with van der Waals surface area (Å²) < 4.78 is 9.51. The molecule has 1 rings (SSSR count). The molecule has 0 aliphatic rings.